The molecule has 0 radical (unpaired) electrons. The molecule has 12 heavy (non-hydrogen) atoms. The molecule has 1 aromatic carbocycles. The molecule has 0 aliphatic carbocycles. The molecule has 4 heteroatoms. The summed E-state index contributed by atoms with van der Waals surface area (Å²) in [5.41, 5.74) is 0.166. The Morgan fingerprint density at radius 3 is 2.67 bits per heavy atom. The number of hydrogen-bond donors (Lipinski definition) is 0. The van der Waals surface area contributed by atoms with Gasteiger partial charge < -0.3 is 0 Å². The Morgan fingerprint density at radius 2 is 2.17 bits per heavy atom. The number of Topliss-reactive ketones (excluding diaryl/α,β-unsaturated/α-hetero) is 1. The zero-order chi connectivity index (χ0) is 9.14. The van der Waals surface area contributed by atoms with Gasteiger partial charge in [-0.15, -0.1) is 0 Å². The fourth-order valence-electron chi connectivity index (χ4n) is 0.788. The highest BCUT2D eigenvalue weighted by Crippen LogP contribution is 2.18. The van der Waals surface area contributed by atoms with Crippen LogP contribution < -0.4 is 0 Å². The maximum Gasteiger partial charge on any atom is 0.194 e. The van der Waals surface area contributed by atoms with Crippen molar-refractivity contribution in [3.8, 4) is 0 Å². The lowest BCUT2D eigenvalue weighted by Gasteiger charge is -1.99. The molecule has 0 N–H and O–H groups in total. The van der Waals surface area contributed by atoms with Gasteiger partial charge in [-0.1, -0.05) is 0 Å². The van der Waals surface area contributed by atoms with Crippen LogP contribution in [0.15, 0.2) is 22.7 Å². The highest BCUT2D eigenvalue weighted by molar-refractivity contribution is 9.10. The van der Waals surface area contributed by atoms with Crippen molar-refractivity contribution in [1.29, 1.82) is 0 Å². The molecule has 0 spiro atoms. The minimum atomic E-state index is -1.07. The summed E-state index contributed by atoms with van der Waals surface area (Å²) in [7, 11) is 0. The number of ketones is 1. The summed E-state index contributed by atoms with van der Waals surface area (Å²) in [6, 6.07) is 3.50. The van der Waals surface area contributed by atoms with Crippen molar-refractivity contribution in [2.45, 2.75) is 0 Å². The fraction of sp³-hybridized carbons (Fsp3) is 0.125. The maximum atomic E-state index is 12.5. The number of rotatable bonds is 2. The van der Waals surface area contributed by atoms with E-state index in [0.717, 1.165) is 12.1 Å². The Labute approximate surface area is 76.5 Å². The highest BCUT2D eigenvalue weighted by atomic mass is 79.9. The van der Waals surface area contributed by atoms with Crippen LogP contribution in [0.1, 0.15) is 10.4 Å². The number of hydrogen-bond acceptors (Lipinski definition) is 1. The Balaban J connectivity index is 3.09. The number of halogens is 3. The maximum absolute atomic E-state index is 12.5. The average Bonchev–Trinajstić information content (AvgIpc) is 2.03. The largest absolute Gasteiger partial charge is 0.291 e. The van der Waals surface area contributed by atoms with Crippen LogP contribution >= 0.6 is 15.9 Å². The van der Waals surface area contributed by atoms with Crippen LogP contribution in [0.25, 0.3) is 0 Å². The lowest BCUT2D eigenvalue weighted by atomic mass is 10.1. The minimum Gasteiger partial charge on any atom is -0.291 e. The molecule has 64 valence electrons. The van der Waals surface area contributed by atoms with Gasteiger partial charge in [0.2, 0.25) is 0 Å². The third-order valence-electron chi connectivity index (χ3n) is 1.35. The van der Waals surface area contributed by atoms with Gasteiger partial charge in [-0.25, -0.2) is 8.78 Å². The van der Waals surface area contributed by atoms with Crippen molar-refractivity contribution < 1.29 is 13.6 Å². The van der Waals surface area contributed by atoms with E-state index in [4.69, 9.17) is 0 Å². The lowest BCUT2D eigenvalue weighted by Crippen LogP contribution is -2.01. The number of alkyl halides is 1. The van der Waals surface area contributed by atoms with Gasteiger partial charge in [0.1, 0.15) is 5.82 Å². The Bertz CT molecular complexity index is 312. The van der Waals surface area contributed by atoms with Crippen molar-refractivity contribution in [2.24, 2.45) is 0 Å². The molecule has 0 atom stereocenters. The summed E-state index contributed by atoms with van der Waals surface area (Å²) < 4.78 is 24.7. The lowest BCUT2D eigenvalue weighted by molar-refractivity contribution is 0.0958. The molecular formula is C8H5BrF2O. The first-order valence-corrected chi connectivity index (χ1v) is 3.98. The molecule has 0 saturated heterocycles. The molecule has 0 amide bonds. The van der Waals surface area contributed by atoms with Crippen LogP contribution in [0.5, 0.6) is 0 Å². The van der Waals surface area contributed by atoms with Gasteiger partial charge in [-0.3, -0.25) is 4.79 Å². The van der Waals surface area contributed by atoms with Gasteiger partial charge in [0.15, 0.2) is 12.5 Å². The zero-order valence-electron chi connectivity index (χ0n) is 5.98. The molecular weight excluding hydrogens is 230 g/mol. The van der Waals surface area contributed by atoms with E-state index in [1.165, 1.54) is 6.07 Å². The van der Waals surface area contributed by atoms with Gasteiger partial charge in [0, 0.05) is 10.0 Å². The fourth-order valence-corrected chi connectivity index (χ4v) is 1.36. The zero-order valence-corrected chi connectivity index (χ0v) is 7.57. The van der Waals surface area contributed by atoms with E-state index in [0.29, 0.717) is 0 Å². The van der Waals surface area contributed by atoms with E-state index in [9.17, 15) is 13.6 Å². The topological polar surface area (TPSA) is 17.1 Å². The number of benzene rings is 1. The van der Waals surface area contributed by atoms with Crippen molar-refractivity contribution in [3.63, 3.8) is 0 Å². The molecule has 1 rings (SSSR count). The third-order valence-corrected chi connectivity index (χ3v) is 2.01. The summed E-state index contributed by atoms with van der Waals surface area (Å²) in [4.78, 5) is 10.8. The van der Waals surface area contributed by atoms with Gasteiger partial charge in [0.25, 0.3) is 0 Å². The number of carbonyl (C=O) groups is 1. The van der Waals surface area contributed by atoms with E-state index < -0.39 is 18.3 Å². The van der Waals surface area contributed by atoms with Crippen molar-refractivity contribution in [3.05, 3.63) is 34.1 Å². The van der Waals surface area contributed by atoms with E-state index in [2.05, 4.69) is 15.9 Å². The first-order valence-electron chi connectivity index (χ1n) is 3.19. The quantitative estimate of drug-likeness (QED) is 0.720. The van der Waals surface area contributed by atoms with Crippen LogP contribution in [0.3, 0.4) is 0 Å². The normalized spacial score (nSPS) is 9.92. The van der Waals surface area contributed by atoms with Gasteiger partial charge in [0.05, 0.1) is 0 Å². The van der Waals surface area contributed by atoms with Crippen LogP contribution in [-0.4, -0.2) is 12.5 Å². The molecule has 0 aromatic heterocycles. The smallest absolute Gasteiger partial charge is 0.194 e. The van der Waals surface area contributed by atoms with Crippen LogP contribution in [0, 0.1) is 5.82 Å². The summed E-state index contributed by atoms with van der Waals surface area (Å²) >= 11 is 2.96. The molecule has 0 bridgehead atoms. The molecule has 0 aliphatic heterocycles. The van der Waals surface area contributed by atoms with Gasteiger partial charge in [-0.2, -0.15) is 0 Å². The molecule has 0 heterocycles. The summed E-state index contributed by atoms with van der Waals surface area (Å²) in [5, 5.41) is 0. The molecule has 0 saturated carbocycles. The Kier molecular flexibility index (Phi) is 2.92. The van der Waals surface area contributed by atoms with E-state index in [-0.39, 0.29) is 10.0 Å². The van der Waals surface area contributed by atoms with Crippen LogP contribution in [0.4, 0.5) is 8.78 Å². The SMILES string of the molecule is O=C(CF)c1ccc(F)cc1Br. The standard InChI is InChI=1S/C8H5BrF2O/c9-7-3-5(11)1-2-6(7)8(12)4-10/h1-3H,4H2. The Morgan fingerprint density at radius 1 is 1.50 bits per heavy atom. The first-order chi connectivity index (χ1) is 5.65. The first kappa shape index (κ1) is 9.32. The van der Waals surface area contributed by atoms with Crippen LogP contribution in [-0.2, 0) is 0 Å². The predicted molar refractivity (Wildman–Crippen MR) is 44.4 cm³/mol. The summed E-state index contributed by atoms with van der Waals surface area (Å²) in [6.07, 6.45) is 0. The van der Waals surface area contributed by atoms with Gasteiger partial charge >= 0.3 is 0 Å². The monoisotopic (exact) mass is 234 g/mol. The second-order valence-electron chi connectivity index (χ2n) is 2.18. The van der Waals surface area contributed by atoms with E-state index >= 15 is 0 Å². The second-order valence-corrected chi connectivity index (χ2v) is 3.04. The highest BCUT2D eigenvalue weighted by Gasteiger charge is 2.09. The predicted octanol–water partition coefficient (Wildman–Crippen LogP) is 2.74. The summed E-state index contributed by atoms with van der Waals surface area (Å²) in [6.45, 7) is -1.07. The van der Waals surface area contributed by atoms with Crippen molar-refractivity contribution in [2.75, 3.05) is 6.67 Å². The van der Waals surface area contributed by atoms with Crippen molar-refractivity contribution >= 4 is 21.7 Å². The van der Waals surface area contributed by atoms with E-state index in [1.807, 2.05) is 0 Å². The van der Waals surface area contributed by atoms with Crippen LogP contribution in [0.2, 0.25) is 0 Å². The van der Waals surface area contributed by atoms with Gasteiger partial charge in [-0.05, 0) is 34.1 Å². The molecule has 0 aliphatic rings. The summed E-state index contributed by atoms with van der Waals surface area (Å²) in [5.74, 6) is -1.11. The average molecular weight is 235 g/mol. The van der Waals surface area contributed by atoms with Crippen molar-refractivity contribution in [1.82, 2.24) is 0 Å². The second kappa shape index (κ2) is 3.76. The molecule has 0 unspecified atom stereocenters. The minimum absolute atomic E-state index is 0.166. The molecule has 1 aromatic rings. The number of carbonyl (C=O) groups excluding carboxylic acids is 1. The Hall–Kier alpha value is -0.770. The van der Waals surface area contributed by atoms with E-state index in [1.54, 1.807) is 0 Å². The third kappa shape index (κ3) is 1.88. The molecule has 0 fully saturated rings. The molecule has 1 nitrogen and oxygen atoms in total.